The van der Waals surface area contributed by atoms with Crippen LogP contribution in [0.4, 0.5) is 0 Å². The van der Waals surface area contributed by atoms with Gasteiger partial charge < -0.3 is 11.5 Å². The molecule has 4 heteroatoms. The molecule has 0 fully saturated rings. The summed E-state index contributed by atoms with van der Waals surface area (Å²) in [5.41, 5.74) is 12.4. The topological polar surface area (TPSA) is 86.2 Å². The lowest BCUT2D eigenvalue weighted by Crippen LogP contribution is -2.34. The molecule has 2 aromatic rings. The Bertz CT molecular complexity index is 541. The second-order valence-electron chi connectivity index (χ2n) is 4.58. The third-order valence-corrected chi connectivity index (χ3v) is 3.26. The molecule has 0 aliphatic carbocycles. The van der Waals surface area contributed by atoms with Crippen LogP contribution in [0.1, 0.15) is 23.0 Å². The molecule has 0 aliphatic heterocycles. The van der Waals surface area contributed by atoms with E-state index < -0.39 is 23.7 Å². The Hall–Kier alpha value is -2.62. The molecular weight excluding hydrogens is 252 g/mol. The van der Waals surface area contributed by atoms with Gasteiger partial charge in [0.1, 0.15) is 0 Å². The van der Waals surface area contributed by atoms with Crippen molar-refractivity contribution < 1.29 is 9.59 Å². The van der Waals surface area contributed by atoms with E-state index in [-0.39, 0.29) is 0 Å². The normalized spacial score (nSPS) is 13.4. The van der Waals surface area contributed by atoms with Crippen molar-refractivity contribution in [3.05, 3.63) is 71.8 Å². The van der Waals surface area contributed by atoms with Gasteiger partial charge in [0.2, 0.25) is 11.8 Å². The molecule has 4 nitrogen and oxygen atoms in total. The standard InChI is InChI=1S/C16H16N2O2/c17-15(19)13(11-7-3-1-4-8-11)14(16(18)20)12-9-5-2-6-10-12/h1-10,13-14H,(H2,17,19)(H2,18,20). The van der Waals surface area contributed by atoms with Gasteiger partial charge in [-0.15, -0.1) is 0 Å². The van der Waals surface area contributed by atoms with Crippen LogP contribution in [-0.4, -0.2) is 11.8 Å². The number of carbonyl (C=O) groups is 2. The second kappa shape index (κ2) is 6.02. The lowest BCUT2D eigenvalue weighted by Gasteiger charge is -2.23. The number of benzene rings is 2. The predicted octanol–water partition coefficient (Wildman–Crippen LogP) is 1.52. The number of amides is 2. The first-order valence-electron chi connectivity index (χ1n) is 6.29. The minimum Gasteiger partial charge on any atom is -0.369 e. The number of hydrogen-bond acceptors (Lipinski definition) is 2. The molecule has 20 heavy (non-hydrogen) atoms. The maximum absolute atomic E-state index is 11.8. The van der Waals surface area contributed by atoms with Crippen molar-refractivity contribution in [3.8, 4) is 0 Å². The molecule has 4 N–H and O–H groups in total. The Morgan fingerprint density at radius 2 is 0.950 bits per heavy atom. The van der Waals surface area contributed by atoms with Crippen molar-refractivity contribution >= 4 is 11.8 Å². The minimum atomic E-state index is -0.768. The lowest BCUT2D eigenvalue weighted by atomic mass is 9.80. The fourth-order valence-corrected chi connectivity index (χ4v) is 2.36. The zero-order valence-electron chi connectivity index (χ0n) is 10.9. The predicted molar refractivity (Wildman–Crippen MR) is 76.8 cm³/mol. The van der Waals surface area contributed by atoms with Crippen LogP contribution in [0.25, 0.3) is 0 Å². The first-order valence-corrected chi connectivity index (χ1v) is 6.29. The van der Waals surface area contributed by atoms with Crippen molar-refractivity contribution in [2.45, 2.75) is 11.8 Å². The Morgan fingerprint density at radius 3 is 1.20 bits per heavy atom. The Balaban J connectivity index is 2.50. The minimum absolute atomic E-state index is 0.566. The summed E-state index contributed by atoms with van der Waals surface area (Å²) >= 11 is 0. The van der Waals surface area contributed by atoms with Gasteiger partial charge in [-0.05, 0) is 11.1 Å². The van der Waals surface area contributed by atoms with Crippen molar-refractivity contribution in [2.24, 2.45) is 11.5 Å². The van der Waals surface area contributed by atoms with Crippen molar-refractivity contribution in [3.63, 3.8) is 0 Å². The Labute approximate surface area is 117 Å². The SMILES string of the molecule is NC(=O)C(c1ccccc1)C(C(N)=O)c1ccccc1. The summed E-state index contributed by atoms with van der Waals surface area (Å²) < 4.78 is 0. The van der Waals surface area contributed by atoms with E-state index in [1.807, 2.05) is 12.1 Å². The average Bonchev–Trinajstić information content (AvgIpc) is 2.45. The first kappa shape index (κ1) is 13.8. The summed E-state index contributed by atoms with van der Waals surface area (Å²) in [5, 5.41) is 0. The zero-order valence-corrected chi connectivity index (χ0v) is 10.9. The molecule has 2 atom stereocenters. The van der Waals surface area contributed by atoms with Crippen molar-refractivity contribution in [2.75, 3.05) is 0 Å². The van der Waals surface area contributed by atoms with Crippen LogP contribution in [0.15, 0.2) is 60.7 Å². The fourth-order valence-electron chi connectivity index (χ4n) is 2.36. The van der Waals surface area contributed by atoms with Gasteiger partial charge in [-0.25, -0.2) is 0 Å². The average molecular weight is 268 g/mol. The highest BCUT2D eigenvalue weighted by Gasteiger charge is 2.33. The van der Waals surface area contributed by atoms with Crippen LogP contribution in [-0.2, 0) is 9.59 Å². The van der Waals surface area contributed by atoms with Gasteiger partial charge in [0.05, 0.1) is 11.8 Å². The van der Waals surface area contributed by atoms with Crippen LogP contribution in [0.3, 0.4) is 0 Å². The van der Waals surface area contributed by atoms with Crippen LogP contribution in [0.2, 0.25) is 0 Å². The number of nitrogens with two attached hydrogens (primary N) is 2. The first-order chi connectivity index (χ1) is 9.61. The largest absolute Gasteiger partial charge is 0.369 e. The monoisotopic (exact) mass is 268 g/mol. The molecule has 2 amide bonds. The van der Waals surface area contributed by atoms with E-state index in [1.54, 1.807) is 48.5 Å². The molecule has 0 aliphatic rings. The summed E-state index contributed by atoms with van der Waals surface area (Å²) in [5.74, 6) is -2.67. The van der Waals surface area contributed by atoms with E-state index in [0.717, 1.165) is 0 Å². The summed E-state index contributed by atoms with van der Waals surface area (Å²) in [6.07, 6.45) is 0. The third-order valence-electron chi connectivity index (χ3n) is 3.26. The van der Waals surface area contributed by atoms with Crippen molar-refractivity contribution in [1.82, 2.24) is 0 Å². The lowest BCUT2D eigenvalue weighted by molar-refractivity contribution is -0.126. The Morgan fingerprint density at radius 1 is 0.650 bits per heavy atom. The highest BCUT2D eigenvalue weighted by Crippen LogP contribution is 2.32. The van der Waals surface area contributed by atoms with Gasteiger partial charge in [0, 0.05) is 0 Å². The maximum Gasteiger partial charge on any atom is 0.226 e. The molecule has 0 saturated carbocycles. The second-order valence-corrected chi connectivity index (χ2v) is 4.58. The quantitative estimate of drug-likeness (QED) is 0.861. The van der Waals surface area contributed by atoms with E-state index in [9.17, 15) is 9.59 Å². The van der Waals surface area contributed by atoms with Gasteiger partial charge in [-0.2, -0.15) is 0 Å². The molecule has 0 aromatic heterocycles. The highest BCUT2D eigenvalue weighted by atomic mass is 16.2. The van der Waals surface area contributed by atoms with Crippen LogP contribution >= 0.6 is 0 Å². The molecule has 2 rings (SSSR count). The van der Waals surface area contributed by atoms with Gasteiger partial charge in [0.25, 0.3) is 0 Å². The number of primary amides is 2. The van der Waals surface area contributed by atoms with E-state index in [4.69, 9.17) is 11.5 Å². The summed E-state index contributed by atoms with van der Waals surface area (Å²) in [6, 6.07) is 18.0. The molecule has 2 unspecified atom stereocenters. The van der Waals surface area contributed by atoms with E-state index in [0.29, 0.717) is 11.1 Å². The molecular formula is C16H16N2O2. The van der Waals surface area contributed by atoms with Gasteiger partial charge in [-0.1, -0.05) is 60.7 Å². The molecule has 2 aromatic carbocycles. The van der Waals surface area contributed by atoms with Crippen LogP contribution in [0, 0.1) is 0 Å². The van der Waals surface area contributed by atoms with Crippen LogP contribution in [0.5, 0.6) is 0 Å². The number of hydrogen-bond donors (Lipinski definition) is 2. The molecule has 0 radical (unpaired) electrons. The molecule has 0 heterocycles. The maximum atomic E-state index is 11.8. The summed E-state index contributed by atoms with van der Waals surface area (Å²) in [4.78, 5) is 23.7. The van der Waals surface area contributed by atoms with Crippen molar-refractivity contribution in [1.29, 1.82) is 0 Å². The highest BCUT2D eigenvalue weighted by molar-refractivity contribution is 5.93. The molecule has 0 saturated heterocycles. The van der Waals surface area contributed by atoms with E-state index in [1.165, 1.54) is 0 Å². The fraction of sp³-hybridized carbons (Fsp3) is 0.125. The number of rotatable bonds is 5. The summed E-state index contributed by atoms with van der Waals surface area (Å²) in [6.45, 7) is 0. The van der Waals surface area contributed by atoms with Gasteiger partial charge >= 0.3 is 0 Å². The number of carbonyl (C=O) groups excluding carboxylic acids is 2. The third kappa shape index (κ3) is 2.85. The van der Waals surface area contributed by atoms with E-state index >= 15 is 0 Å². The zero-order chi connectivity index (χ0) is 14.5. The Kier molecular flexibility index (Phi) is 4.15. The van der Waals surface area contributed by atoms with Crippen LogP contribution < -0.4 is 11.5 Å². The molecule has 102 valence electrons. The molecule has 0 spiro atoms. The smallest absolute Gasteiger partial charge is 0.226 e. The van der Waals surface area contributed by atoms with E-state index in [2.05, 4.69) is 0 Å². The van der Waals surface area contributed by atoms with Gasteiger partial charge in [0.15, 0.2) is 0 Å². The van der Waals surface area contributed by atoms with Gasteiger partial charge in [-0.3, -0.25) is 9.59 Å². The molecule has 0 bridgehead atoms. The summed E-state index contributed by atoms with van der Waals surface area (Å²) in [7, 11) is 0.